The van der Waals surface area contributed by atoms with E-state index in [1.807, 2.05) is 11.9 Å². The number of benzene rings is 2. The second-order valence-electron chi connectivity index (χ2n) is 8.16. The number of hydrogen-bond donors (Lipinski definition) is 1. The molecule has 182 valence electrons. The third kappa shape index (κ3) is 4.01. The van der Waals surface area contributed by atoms with Gasteiger partial charge in [-0.2, -0.15) is 13.2 Å². The molecule has 3 aromatic rings. The van der Waals surface area contributed by atoms with Gasteiger partial charge in [-0.25, -0.2) is 0 Å². The summed E-state index contributed by atoms with van der Waals surface area (Å²) in [6.07, 6.45) is -4.03. The smallest absolute Gasteiger partial charge is 0.417 e. The first kappa shape index (κ1) is 24.4. The molecule has 0 radical (unpaired) electrons. The number of rotatable bonds is 5. The van der Waals surface area contributed by atoms with Crippen LogP contribution in [0.2, 0.25) is 5.02 Å². The van der Waals surface area contributed by atoms with Gasteiger partial charge < -0.3 is 23.9 Å². The highest BCUT2D eigenvalue weighted by Gasteiger charge is 2.38. The summed E-state index contributed by atoms with van der Waals surface area (Å²) < 4.78 is 57.4. The summed E-state index contributed by atoms with van der Waals surface area (Å²) in [5.41, 5.74) is -0.923. The summed E-state index contributed by atoms with van der Waals surface area (Å²) in [6, 6.07) is 5.85. The predicted molar refractivity (Wildman–Crippen MR) is 122 cm³/mol. The molecule has 0 unspecified atom stereocenters. The van der Waals surface area contributed by atoms with Crippen molar-refractivity contribution in [1.29, 1.82) is 0 Å². The lowest BCUT2D eigenvalue weighted by molar-refractivity contribution is -0.137. The third-order valence-corrected chi connectivity index (χ3v) is 6.76. The van der Waals surface area contributed by atoms with Crippen LogP contribution in [0.5, 0.6) is 11.5 Å². The standard InChI is InChI=1S/C24H23ClF3NO5/c1-29-8-7-12(15(29)11-30)20-18(32-2)10-19(33-3)21-16(31)9-17(34-23(20)21)13-5-4-6-14(22(13)25)24(26,27)28/h4-6,9-10,12,15,30H,7-8,11H2,1-3H3/t12-,15+/m1/s1. The normalized spacial score (nSPS) is 19.1. The van der Waals surface area contributed by atoms with Crippen LogP contribution in [0.4, 0.5) is 13.2 Å². The Hall–Kier alpha value is -2.75. The maximum absolute atomic E-state index is 13.4. The Morgan fingerprint density at radius 2 is 1.91 bits per heavy atom. The van der Waals surface area contributed by atoms with Crippen molar-refractivity contribution in [3.05, 3.63) is 56.7 Å². The topological polar surface area (TPSA) is 72.1 Å². The van der Waals surface area contributed by atoms with Gasteiger partial charge in [0.2, 0.25) is 0 Å². The molecule has 0 spiro atoms. The molecule has 2 aromatic carbocycles. The van der Waals surface area contributed by atoms with Gasteiger partial charge >= 0.3 is 6.18 Å². The summed E-state index contributed by atoms with van der Waals surface area (Å²) in [7, 11) is 4.73. The molecule has 2 atom stereocenters. The van der Waals surface area contributed by atoms with E-state index >= 15 is 0 Å². The fourth-order valence-electron chi connectivity index (χ4n) is 4.66. The minimum Gasteiger partial charge on any atom is -0.496 e. The number of halogens is 4. The van der Waals surface area contributed by atoms with E-state index in [0.717, 1.165) is 12.1 Å². The highest BCUT2D eigenvalue weighted by Crippen LogP contribution is 2.46. The van der Waals surface area contributed by atoms with E-state index in [4.69, 9.17) is 25.5 Å². The van der Waals surface area contributed by atoms with Crippen LogP contribution in [0.1, 0.15) is 23.5 Å². The highest BCUT2D eigenvalue weighted by molar-refractivity contribution is 6.34. The fourth-order valence-corrected chi connectivity index (χ4v) is 4.99. The van der Waals surface area contributed by atoms with Gasteiger partial charge in [0.25, 0.3) is 0 Å². The number of likely N-dealkylation sites (N-methyl/N-ethyl adjacent to an activating group) is 1. The number of alkyl halides is 3. The SMILES string of the molecule is COc1cc(OC)c2c(=O)cc(-c3cccc(C(F)(F)F)c3Cl)oc2c1[C@@H]1CCN(C)[C@H]1CO. The maximum atomic E-state index is 13.4. The van der Waals surface area contributed by atoms with E-state index in [1.165, 1.54) is 26.4 Å². The van der Waals surface area contributed by atoms with Crippen molar-refractivity contribution in [2.24, 2.45) is 0 Å². The lowest BCUT2D eigenvalue weighted by Gasteiger charge is -2.25. The number of methoxy groups -OCH3 is 2. The molecule has 0 aliphatic carbocycles. The number of aliphatic hydroxyl groups is 1. The zero-order chi connectivity index (χ0) is 24.8. The van der Waals surface area contributed by atoms with Crippen molar-refractivity contribution in [2.75, 3.05) is 34.4 Å². The number of fused-ring (bicyclic) bond motifs is 1. The van der Waals surface area contributed by atoms with Gasteiger partial charge in [0.05, 0.1) is 31.4 Å². The summed E-state index contributed by atoms with van der Waals surface area (Å²) >= 11 is 6.11. The van der Waals surface area contributed by atoms with Gasteiger partial charge in [-0.05, 0) is 32.1 Å². The van der Waals surface area contributed by atoms with Crippen molar-refractivity contribution in [3.63, 3.8) is 0 Å². The number of likely N-dealkylation sites (tertiary alicyclic amines) is 1. The minimum atomic E-state index is -4.68. The molecule has 1 N–H and O–H groups in total. The third-order valence-electron chi connectivity index (χ3n) is 6.36. The molecule has 10 heteroatoms. The van der Waals surface area contributed by atoms with Crippen LogP contribution in [-0.4, -0.2) is 50.5 Å². The quantitative estimate of drug-likeness (QED) is 0.539. The van der Waals surface area contributed by atoms with Gasteiger partial charge in [0, 0.05) is 35.2 Å². The molecule has 1 aliphatic rings. The van der Waals surface area contributed by atoms with Crippen LogP contribution in [0, 0.1) is 0 Å². The predicted octanol–water partition coefficient (Wildman–Crippen LogP) is 4.93. The Kier molecular flexibility index (Phi) is 6.54. The van der Waals surface area contributed by atoms with Crippen LogP contribution in [0.15, 0.2) is 39.5 Å². The van der Waals surface area contributed by atoms with E-state index in [9.17, 15) is 23.1 Å². The molecule has 1 fully saturated rings. The molecule has 1 saturated heterocycles. The zero-order valence-electron chi connectivity index (χ0n) is 18.7. The van der Waals surface area contributed by atoms with Gasteiger partial charge in [0.15, 0.2) is 5.43 Å². The molecule has 1 aromatic heterocycles. The molecular weight excluding hydrogens is 475 g/mol. The van der Waals surface area contributed by atoms with Crippen LogP contribution < -0.4 is 14.9 Å². The minimum absolute atomic E-state index is 0.0644. The van der Waals surface area contributed by atoms with E-state index in [2.05, 4.69) is 0 Å². The van der Waals surface area contributed by atoms with Crippen molar-refractivity contribution in [1.82, 2.24) is 4.90 Å². The second-order valence-corrected chi connectivity index (χ2v) is 8.54. The highest BCUT2D eigenvalue weighted by atomic mass is 35.5. The molecule has 0 saturated carbocycles. The second kappa shape index (κ2) is 9.13. The number of ether oxygens (including phenoxy) is 2. The van der Waals surface area contributed by atoms with E-state index in [-0.39, 0.29) is 46.6 Å². The molecule has 4 rings (SSSR count). The summed E-state index contributed by atoms with van der Waals surface area (Å²) in [6.45, 7) is 0.553. The van der Waals surface area contributed by atoms with Crippen LogP contribution in [0.3, 0.4) is 0 Å². The Morgan fingerprint density at radius 3 is 2.53 bits per heavy atom. The Balaban J connectivity index is 2.06. The van der Waals surface area contributed by atoms with Crippen LogP contribution in [0.25, 0.3) is 22.3 Å². The van der Waals surface area contributed by atoms with Gasteiger partial charge in [-0.1, -0.05) is 17.7 Å². The molecule has 6 nitrogen and oxygen atoms in total. The van der Waals surface area contributed by atoms with Crippen molar-refractivity contribution in [2.45, 2.75) is 24.6 Å². The average molecular weight is 498 g/mol. The lowest BCUT2D eigenvalue weighted by Crippen LogP contribution is -2.32. The van der Waals surface area contributed by atoms with Crippen molar-refractivity contribution >= 4 is 22.6 Å². The van der Waals surface area contributed by atoms with Crippen LogP contribution >= 0.6 is 11.6 Å². The lowest BCUT2D eigenvalue weighted by atomic mass is 9.89. The van der Waals surface area contributed by atoms with Gasteiger partial charge in [0.1, 0.15) is 28.2 Å². The van der Waals surface area contributed by atoms with Crippen molar-refractivity contribution in [3.8, 4) is 22.8 Å². The Morgan fingerprint density at radius 1 is 1.21 bits per heavy atom. The fraction of sp³-hybridized carbons (Fsp3) is 0.375. The first-order chi connectivity index (χ1) is 16.1. The monoisotopic (exact) mass is 497 g/mol. The Bertz CT molecular complexity index is 1290. The molecule has 2 heterocycles. The number of nitrogens with zero attached hydrogens (tertiary/aromatic N) is 1. The average Bonchev–Trinajstić information content (AvgIpc) is 3.16. The summed E-state index contributed by atoms with van der Waals surface area (Å²) in [5, 5.41) is 9.58. The zero-order valence-corrected chi connectivity index (χ0v) is 19.5. The van der Waals surface area contributed by atoms with E-state index in [0.29, 0.717) is 24.3 Å². The largest absolute Gasteiger partial charge is 0.496 e. The first-order valence-electron chi connectivity index (χ1n) is 10.5. The summed E-state index contributed by atoms with van der Waals surface area (Å²) in [5.74, 6) is 0.224. The maximum Gasteiger partial charge on any atom is 0.417 e. The van der Waals surface area contributed by atoms with E-state index < -0.39 is 22.2 Å². The summed E-state index contributed by atoms with van der Waals surface area (Å²) in [4.78, 5) is 15.2. The molecular formula is C24H23ClF3NO5. The molecule has 0 bridgehead atoms. The molecule has 1 aliphatic heterocycles. The molecule has 0 amide bonds. The van der Waals surface area contributed by atoms with Crippen molar-refractivity contribution < 1.29 is 32.2 Å². The number of aliphatic hydroxyl groups excluding tert-OH is 1. The first-order valence-corrected chi connectivity index (χ1v) is 10.9. The van der Waals surface area contributed by atoms with Gasteiger partial charge in [-0.15, -0.1) is 0 Å². The Labute approximate surface area is 198 Å². The van der Waals surface area contributed by atoms with Gasteiger partial charge in [-0.3, -0.25) is 4.79 Å². The molecule has 34 heavy (non-hydrogen) atoms. The van der Waals surface area contributed by atoms with Crippen LogP contribution in [-0.2, 0) is 6.18 Å². The number of hydrogen-bond acceptors (Lipinski definition) is 6. The van der Waals surface area contributed by atoms with E-state index in [1.54, 1.807) is 6.07 Å².